The van der Waals surface area contributed by atoms with E-state index in [2.05, 4.69) is 10.6 Å². The van der Waals surface area contributed by atoms with Crippen LogP contribution in [0.3, 0.4) is 0 Å². The maximum Gasteiger partial charge on any atom is 0.223 e. The van der Waals surface area contributed by atoms with E-state index < -0.39 is 0 Å². The number of rotatable bonds is 5. The molecule has 2 fully saturated rings. The van der Waals surface area contributed by atoms with Crippen molar-refractivity contribution >= 4 is 18.3 Å². The first-order chi connectivity index (χ1) is 7.76. The first kappa shape index (κ1) is 14.7. The summed E-state index contributed by atoms with van der Waals surface area (Å²) < 4.78 is 5.25. The van der Waals surface area contributed by atoms with E-state index in [0.29, 0.717) is 13.2 Å². The molecule has 0 radical (unpaired) electrons. The summed E-state index contributed by atoms with van der Waals surface area (Å²) in [5.74, 6) is 0.511. The lowest BCUT2D eigenvalue weighted by molar-refractivity contribution is -0.127. The maximum atomic E-state index is 11.7. The predicted molar refractivity (Wildman–Crippen MR) is 69.4 cm³/mol. The highest BCUT2D eigenvalue weighted by Crippen LogP contribution is 2.26. The molecule has 0 spiro atoms. The molecule has 1 aliphatic heterocycles. The van der Waals surface area contributed by atoms with Gasteiger partial charge in [0.25, 0.3) is 0 Å². The van der Waals surface area contributed by atoms with E-state index in [-0.39, 0.29) is 29.8 Å². The number of halogens is 1. The smallest absolute Gasteiger partial charge is 0.223 e. The summed E-state index contributed by atoms with van der Waals surface area (Å²) in [6, 6.07) is 0. The van der Waals surface area contributed by atoms with Crippen molar-refractivity contribution in [3.05, 3.63) is 0 Å². The molecular formula is C12H23ClN2O2. The van der Waals surface area contributed by atoms with Gasteiger partial charge in [0.2, 0.25) is 5.91 Å². The zero-order valence-electron chi connectivity index (χ0n) is 10.5. The van der Waals surface area contributed by atoms with Crippen molar-refractivity contribution < 1.29 is 9.53 Å². The monoisotopic (exact) mass is 262 g/mol. The van der Waals surface area contributed by atoms with E-state index >= 15 is 0 Å². The molecule has 1 atom stereocenters. The predicted octanol–water partition coefficient (Wildman–Crippen LogP) is 1.09. The molecular weight excluding hydrogens is 240 g/mol. The van der Waals surface area contributed by atoms with E-state index in [4.69, 9.17) is 4.74 Å². The Morgan fingerprint density at radius 3 is 2.71 bits per heavy atom. The molecule has 1 saturated heterocycles. The SMILES string of the molecule is COCC1(CNC(=O)C2CCC2)CCCN1.Cl. The van der Waals surface area contributed by atoms with E-state index in [9.17, 15) is 4.79 Å². The molecule has 5 heteroatoms. The summed E-state index contributed by atoms with van der Waals surface area (Å²) >= 11 is 0. The second kappa shape index (κ2) is 6.57. The van der Waals surface area contributed by atoms with Crippen LogP contribution in [0.15, 0.2) is 0 Å². The van der Waals surface area contributed by atoms with Crippen LogP contribution in [0.5, 0.6) is 0 Å². The quantitative estimate of drug-likeness (QED) is 0.780. The molecule has 1 saturated carbocycles. The lowest BCUT2D eigenvalue weighted by Crippen LogP contribution is -2.54. The lowest BCUT2D eigenvalue weighted by atomic mass is 9.84. The summed E-state index contributed by atoms with van der Waals surface area (Å²) in [5.41, 5.74) is -0.0197. The molecule has 2 rings (SSSR count). The molecule has 100 valence electrons. The molecule has 2 aliphatic rings. The molecule has 17 heavy (non-hydrogen) atoms. The van der Waals surface area contributed by atoms with Gasteiger partial charge in [-0.2, -0.15) is 0 Å². The molecule has 0 aromatic heterocycles. The van der Waals surface area contributed by atoms with E-state index in [1.807, 2.05) is 0 Å². The summed E-state index contributed by atoms with van der Waals surface area (Å²) in [6.45, 7) is 2.41. The van der Waals surface area contributed by atoms with Crippen molar-refractivity contribution in [3.8, 4) is 0 Å². The first-order valence-corrected chi connectivity index (χ1v) is 6.27. The van der Waals surface area contributed by atoms with Gasteiger partial charge >= 0.3 is 0 Å². The summed E-state index contributed by atoms with van der Waals surface area (Å²) in [6.07, 6.45) is 5.60. The molecule has 0 bridgehead atoms. The fraction of sp³-hybridized carbons (Fsp3) is 0.917. The Morgan fingerprint density at radius 2 is 2.24 bits per heavy atom. The minimum atomic E-state index is -0.0197. The second-order valence-corrected chi connectivity index (χ2v) is 5.09. The van der Waals surface area contributed by atoms with Gasteiger partial charge < -0.3 is 15.4 Å². The Labute approximate surface area is 109 Å². The summed E-state index contributed by atoms with van der Waals surface area (Å²) in [7, 11) is 1.72. The van der Waals surface area contributed by atoms with Gasteiger partial charge in [0.15, 0.2) is 0 Å². The van der Waals surface area contributed by atoms with Crippen LogP contribution in [-0.4, -0.2) is 38.3 Å². The van der Waals surface area contributed by atoms with Gasteiger partial charge in [0, 0.05) is 19.6 Å². The van der Waals surface area contributed by atoms with Gasteiger partial charge in [-0.05, 0) is 32.2 Å². The number of hydrogen-bond donors (Lipinski definition) is 2. The Morgan fingerprint density at radius 1 is 1.47 bits per heavy atom. The van der Waals surface area contributed by atoms with Crippen molar-refractivity contribution in [3.63, 3.8) is 0 Å². The lowest BCUT2D eigenvalue weighted by Gasteiger charge is -2.31. The molecule has 1 heterocycles. The minimum Gasteiger partial charge on any atom is -0.383 e. The molecule has 1 aliphatic carbocycles. The number of carbonyl (C=O) groups is 1. The average molecular weight is 263 g/mol. The zero-order valence-corrected chi connectivity index (χ0v) is 11.3. The average Bonchev–Trinajstić information content (AvgIpc) is 2.62. The van der Waals surface area contributed by atoms with Gasteiger partial charge in [0.05, 0.1) is 12.1 Å². The standard InChI is InChI=1S/C12H22N2O2.ClH/c1-16-9-12(6-3-7-14-12)8-13-11(15)10-4-2-5-10;/h10,14H,2-9H2,1H3,(H,13,15);1H. The van der Waals surface area contributed by atoms with E-state index in [1.165, 1.54) is 12.8 Å². The van der Waals surface area contributed by atoms with Gasteiger partial charge in [-0.3, -0.25) is 4.79 Å². The third-order valence-corrected chi connectivity index (χ3v) is 3.83. The van der Waals surface area contributed by atoms with Crippen molar-refractivity contribution in [2.75, 3.05) is 26.8 Å². The Balaban J connectivity index is 0.00000144. The number of nitrogens with one attached hydrogen (secondary N) is 2. The molecule has 0 aromatic carbocycles. The van der Waals surface area contributed by atoms with Crippen LogP contribution in [0, 0.1) is 5.92 Å². The van der Waals surface area contributed by atoms with Gasteiger partial charge in [-0.15, -0.1) is 12.4 Å². The van der Waals surface area contributed by atoms with Crippen LogP contribution >= 0.6 is 12.4 Å². The van der Waals surface area contributed by atoms with Gasteiger partial charge in [0.1, 0.15) is 0 Å². The van der Waals surface area contributed by atoms with Crippen molar-refractivity contribution in [1.29, 1.82) is 0 Å². The number of hydrogen-bond acceptors (Lipinski definition) is 3. The fourth-order valence-electron chi connectivity index (χ4n) is 2.54. The maximum absolute atomic E-state index is 11.7. The van der Waals surface area contributed by atoms with Crippen molar-refractivity contribution in [2.45, 2.75) is 37.6 Å². The number of carbonyl (C=O) groups excluding carboxylic acids is 1. The van der Waals surface area contributed by atoms with Gasteiger partial charge in [-0.1, -0.05) is 6.42 Å². The highest BCUT2D eigenvalue weighted by molar-refractivity contribution is 5.85. The fourth-order valence-corrected chi connectivity index (χ4v) is 2.54. The summed E-state index contributed by atoms with van der Waals surface area (Å²) in [4.78, 5) is 11.7. The molecule has 1 amide bonds. The first-order valence-electron chi connectivity index (χ1n) is 6.27. The minimum absolute atomic E-state index is 0. The van der Waals surface area contributed by atoms with Crippen LogP contribution in [-0.2, 0) is 9.53 Å². The third-order valence-electron chi connectivity index (χ3n) is 3.83. The largest absolute Gasteiger partial charge is 0.383 e. The van der Waals surface area contributed by atoms with E-state index in [0.717, 1.165) is 25.8 Å². The molecule has 0 aromatic rings. The van der Waals surface area contributed by atoms with Crippen LogP contribution in [0.1, 0.15) is 32.1 Å². The highest BCUT2D eigenvalue weighted by atomic mass is 35.5. The van der Waals surface area contributed by atoms with Crippen molar-refractivity contribution in [2.24, 2.45) is 5.92 Å². The number of ether oxygens (including phenoxy) is 1. The zero-order chi connectivity index (χ0) is 11.4. The Bertz CT molecular complexity index is 251. The number of amides is 1. The molecule has 4 nitrogen and oxygen atoms in total. The second-order valence-electron chi connectivity index (χ2n) is 5.09. The number of methoxy groups -OCH3 is 1. The van der Waals surface area contributed by atoms with Crippen LogP contribution < -0.4 is 10.6 Å². The summed E-state index contributed by atoms with van der Waals surface area (Å²) in [5, 5.41) is 6.53. The van der Waals surface area contributed by atoms with E-state index in [1.54, 1.807) is 7.11 Å². The normalized spacial score (nSPS) is 28.3. The highest BCUT2D eigenvalue weighted by Gasteiger charge is 2.35. The Kier molecular flexibility index (Phi) is 5.70. The Hall–Kier alpha value is -0.320. The van der Waals surface area contributed by atoms with Crippen LogP contribution in [0.25, 0.3) is 0 Å². The third kappa shape index (κ3) is 3.57. The molecule has 1 unspecified atom stereocenters. The topological polar surface area (TPSA) is 50.4 Å². The molecule has 2 N–H and O–H groups in total. The van der Waals surface area contributed by atoms with Crippen LogP contribution in [0.4, 0.5) is 0 Å². The van der Waals surface area contributed by atoms with Gasteiger partial charge in [-0.25, -0.2) is 0 Å². The van der Waals surface area contributed by atoms with Crippen molar-refractivity contribution in [1.82, 2.24) is 10.6 Å². The van der Waals surface area contributed by atoms with Crippen LogP contribution in [0.2, 0.25) is 0 Å².